The van der Waals surface area contributed by atoms with Crippen molar-refractivity contribution in [3.05, 3.63) is 75.9 Å². The van der Waals surface area contributed by atoms with Crippen LogP contribution < -0.4 is 5.32 Å². The molecule has 5 nitrogen and oxygen atoms in total. The van der Waals surface area contributed by atoms with Gasteiger partial charge in [0.25, 0.3) is 5.91 Å². The normalized spacial score (nSPS) is 16.4. The van der Waals surface area contributed by atoms with Crippen LogP contribution in [0.4, 0.5) is 0 Å². The summed E-state index contributed by atoms with van der Waals surface area (Å²) in [6, 6.07) is 11.9. The highest BCUT2D eigenvalue weighted by Crippen LogP contribution is 2.29. The molecule has 4 rings (SSSR count). The van der Waals surface area contributed by atoms with Gasteiger partial charge in [0.05, 0.1) is 23.3 Å². The second-order valence-corrected chi connectivity index (χ2v) is 7.15. The zero-order valence-electron chi connectivity index (χ0n) is 13.6. The van der Waals surface area contributed by atoms with E-state index in [2.05, 4.69) is 44.5 Å². The van der Waals surface area contributed by atoms with E-state index in [-0.39, 0.29) is 11.9 Å². The molecule has 0 radical (unpaired) electrons. The smallest absolute Gasteiger partial charge is 0.287 e. The summed E-state index contributed by atoms with van der Waals surface area (Å²) >= 11 is 3.36. The molecular weight excluding hydrogens is 382 g/mol. The maximum atomic E-state index is 12.6. The summed E-state index contributed by atoms with van der Waals surface area (Å²) in [5.74, 6) is 0.865. The van der Waals surface area contributed by atoms with Crippen LogP contribution in [0.5, 0.6) is 0 Å². The number of nitrogens with zero attached hydrogens (tertiary/aromatic N) is 2. The Hall–Kier alpha value is -2.34. The monoisotopic (exact) mass is 399 g/mol. The van der Waals surface area contributed by atoms with Gasteiger partial charge in [-0.3, -0.25) is 9.48 Å². The highest BCUT2D eigenvalue weighted by molar-refractivity contribution is 9.10. The first-order valence-electron chi connectivity index (χ1n) is 8.34. The number of carbonyl (C=O) groups is 1. The predicted molar refractivity (Wildman–Crippen MR) is 97.3 cm³/mol. The molecule has 128 valence electrons. The number of nitrogens with one attached hydrogen (secondary N) is 1. The fraction of sp³-hybridized carbons (Fsp3) is 0.263. The number of amides is 1. The minimum absolute atomic E-state index is 0.0491. The highest BCUT2D eigenvalue weighted by Gasteiger charge is 2.23. The minimum Gasteiger partial charge on any atom is -0.454 e. The lowest BCUT2D eigenvalue weighted by Crippen LogP contribution is -2.30. The van der Waals surface area contributed by atoms with E-state index in [0.717, 1.165) is 23.7 Å². The van der Waals surface area contributed by atoms with Gasteiger partial charge in [-0.1, -0.05) is 24.3 Å². The standard InChI is InChI=1S/C19H18BrN3O2/c20-14-10-21-23(11-14)12-15-8-9-18(25-15)19(24)22-17-7-3-5-13-4-1-2-6-16(13)17/h1-2,4,6,8-11,17H,3,5,7,12H2,(H,22,24). The molecule has 2 heterocycles. The molecule has 1 atom stereocenters. The second-order valence-electron chi connectivity index (χ2n) is 6.24. The van der Waals surface area contributed by atoms with Gasteiger partial charge in [-0.2, -0.15) is 5.10 Å². The third kappa shape index (κ3) is 3.54. The third-order valence-corrected chi connectivity index (χ3v) is 4.89. The van der Waals surface area contributed by atoms with Crippen molar-refractivity contribution in [1.82, 2.24) is 15.1 Å². The molecule has 1 aromatic carbocycles. The molecule has 0 spiro atoms. The molecule has 1 amide bonds. The average molecular weight is 400 g/mol. The first-order chi connectivity index (χ1) is 12.2. The number of hydrogen-bond donors (Lipinski definition) is 1. The van der Waals surface area contributed by atoms with Gasteiger partial charge in [0.15, 0.2) is 5.76 Å². The fourth-order valence-electron chi connectivity index (χ4n) is 3.30. The number of aryl methyl sites for hydroxylation is 1. The quantitative estimate of drug-likeness (QED) is 0.718. The molecular formula is C19H18BrN3O2. The molecule has 0 fully saturated rings. The molecule has 0 aliphatic heterocycles. The van der Waals surface area contributed by atoms with E-state index in [0.29, 0.717) is 18.1 Å². The van der Waals surface area contributed by atoms with Crippen LogP contribution in [0, 0.1) is 0 Å². The van der Waals surface area contributed by atoms with Gasteiger partial charge in [-0.25, -0.2) is 0 Å². The van der Waals surface area contributed by atoms with Crippen LogP contribution >= 0.6 is 15.9 Å². The number of rotatable bonds is 4. The van der Waals surface area contributed by atoms with Gasteiger partial charge in [-0.15, -0.1) is 0 Å². The summed E-state index contributed by atoms with van der Waals surface area (Å²) in [4.78, 5) is 12.6. The fourth-order valence-corrected chi connectivity index (χ4v) is 3.63. The molecule has 1 aliphatic rings. The molecule has 25 heavy (non-hydrogen) atoms. The van der Waals surface area contributed by atoms with E-state index >= 15 is 0 Å². The maximum absolute atomic E-state index is 12.6. The average Bonchev–Trinajstić information content (AvgIpc) is 3.25. The van der Waals surface area contributed by atoms with Crippen LogP contribution in [0.15, 0.2) is 57.7 Å². The lowest BCUT2D eigenvalue weighted by Gasteiger charge is -2.25. The lowest BCUT2D eigenvalue weighted by atomic mass is 9.88. The van der Waals surface area contributed by atoms with Crippen molar-refractivity contribution in [3.63, 3.8) is 0 Å². The number of carbonyl (C=O) groups excluding carboxylic acids is 1. The maximum Gasteiger partial charge on any atom is 0.287 e. The van der Waals surface area contributed by atoms with Gasteiger partial charge in [-0.05, 0) is 58.5 Å². The Morgan fingerprint density at radius 2 is 2.20 bits per heavy atom. The number of furan rings is 1. The van der Waals surface area contributed by atoms with E-state index in [1.165, 1.54) is 11.1 Å². The highest BCUT2D eigenvalue weighted by atomic mass is 79.9. The predicted octanol–water partition coefficient (Wildman–Crippen LogP) is 4.09. The van der Waals surface area contributed by atoms with Crippen LogP contribution in [-0.4, -0.2) is 15.7 Å². The second kappa shape index (κ2) is 6.88. The summed E-state index contributed by atoms with van der Waals surface area (Å²) in [5, 5.41) is 7.30. The van der Waals surface area contributed by atoms with Gasteiger partial charge in [0.2, 0.25) is 0 Å². The SMILES string of the molecule is O=C(NC1CCCc2ccccc21)c1ccc(Cn2cc(Br)cn2)o1. The number of aromatic nitrogens is 2. The van der Waals surface area contributed by atoms with Crippen LogP contribution in [0.3, 0.4) is 0 Å². The first-order valence-corrected chi connectivity index (χ1v) is 9.14. The molecule has 3 aromatic rings. The lowest BCUT2D eigenvalue weighted by molar-refractivity contribution is 0.0902. The van der Waals surface area contributed by atoms with Crippen LogP contribution in [0.1, 0.15) is 46.3 Å². The Morgan fingerprint density at radius 3 is 3.04 bits per heavy atom. The molecule has 6 heteroatoms. The van der Waals surface area contributed by atoms with Crippen molar-refractivity contribution < 1.29 is 9.21 Å². The zero-order valence-corrected chi connectivity index (χ0v) is 15.2. The Bertz CT molecular complexity index is 899. The molecule has 0 bridgehead atoms. The Kier molecular flexibility index (Phi) is 4.44. The van der Waals surface area contributed by atoms with Gasteiger partial charge in [0.1, 0.15) is 5.76 Å². The van der Waals surface area contributed by atoms with Crippen LogP contribution in [0.25, 0.3) is 0 Å². The topological polar surface area (TPSA) is 60.1 Å². The number of halogens is 1. The van der Waals surface area contributed by atoms with Crippen molar-refractivity contribution in [1.29, 1.82) is 0 Å². The molecule has 1 aliphatic carbocycles. The van der Waals surface area contributed by atoms with Crippen LogP contribution in [0.2, 0.25) is 0 Å². The van der Waals surface area contributed by atoms with Gasteiger partial charge in [0, 0.05) is 6.20 Å². The molecule has 0 saturated heterocycles. The summed E-state index contributed by atoms with van der Waals surface area (Å²) in [6.07, 6.45) is 6.70. The van der Waals surface area contributed by atoms with E-state index in [1.54, 1.807) is 16.9 Å². The van der Waals surface area contributed by atoms with E-state index < -0.39 is 0 Å². The summed E-state index contributed by atoms with van der Waals surface area (Å²) in [5.41, 5.74) is 2.54. The third-order valence-electron chi connectivity index (χ3n) is 4.48. The summed E-state index contributed by atoms with van der Waals surface area (Å²) < 4.78 is 8.36. The van der Waals surface area contributed by atoms with Crippen molar-refractivity contribution >= 4 is 21.8 Å². The Morgan fingerprint density at radius 1 is 1.32 bits per heavy atom. The van der Waals surface area contributed by atoms with Gasteiger partial charge < -0.3 is 9.73 Å². The largest absolute Gasteiger partial charge is 0.454 e. The molecule has 2 aromatic heterocycles. The zero-order chi connectivity index (χ0) is 17.2. The van der Waals surface area contributed by atoms with Crippen molar-refractivity contribution in [3.8, 4) is 0 Å². The number of hydrogen-bond acceptors (Lipinski definition) is 3. The Labute approximate surface area is 154 Å². The van der Waals surface area contributed by atoms with Crippen molar-refractivity contribution in [2.24, 2.45) is 0 Å². The van der Waals surface area contributed by atoms with Crippen LogP contribution in [-0.2, 0) is 13.0 Å². The van der Waals surface area contributed by atoms with Gasteiger partial charge >= 0.3 is 0 Å². The minimum atomic E-state index is -0.172. The Balaban J connectivity index is 1.45. The van der Waals surface area contributed by atoms with E-state index in [1.807, 2.05) is 18.3 Å². The number of benzene rings is 1. The van der Waals surface area contributed by atoms with Crippen molar-refractivity contribution in [2.75, 3.05) is 0 Å². The molecule has 0 saturated carbocycles. The van der Waals surface area contributed by atoms with E-state index in [9.17, 15) is 4.79 Å². The number of fused-ring (bicyclic) bond motifs is 1. The van der Waals surface area contributed by atoms with Crippen molar-refractivity contribution in [2.45, 2.75) is 31.8 Å². The molecule has 1 N–H and O–H groups in total. The first kappa shape index (κ1) is 16.1. The summed E-state index contributed by atoms with van der Waals surface area (Å²) in [7, 11) is 0. The van der Waals surface area contributed by atoms with E-state index in [4.69, 9.17) is 4.42 Å². The summed E-state index contributed by atoms with van der Waals surface area (Å²) in [6.45, 7) is 0.491. The molecule has 1 unspecified atom stereocenters.